The minimum absolute atomic E-state index is 0.922. The van der Waals surface area contributed by atoms with Gasteiger partial charge in [-0.3, -0.25) is 0 Å². The molecular weight excluding hydrogens is 404 g/mol. The molecule has 0 saturated heterocycles. The van der Waals surface area contributed by atoms with Gasteiger partial charge < -0.3 is 13.8 Å². The molecule has 9 rings (SSSR count). The summed E-state index contributed by atoms with van der Waals surface area (Å²) in [5.41, 5.74) is 7.75. The lowest BCUT2D eigenvalue weighted by Gasteiger charge is -2.03. The van der Waals surface area contributed by atoms with E-state index in [0.29, 0.717) is 0 Å². The number of furan rings is 1. The quantitative estimate of drug-likeness (QED) is 0.263. The lowest BCUT2D eigenvalue weighted by atomic mass is 10.0. The highest BCUT2D eigenvalue weighted by Gasteiger charge is 2.22. The molecule has 0 fully saturated rings. The number of aromatic nitrogens is 2. The number of nitrogens with zero attached hydrogens (tertiary/aromatic N) is 1. The molecule has 3 heteroatoms. The Hall–Kier alpha value is -4.50. The number of hydrogen-bond acceptors (Lipinski definition) is 1. The molecule has 4 heterocycles. The van der Waals surface area contributed by atoms with E-state index in [4.69, 9.17) is 4.42 Å². The monoisotopic (exact) mass is 420 g/mol. The van der Waals surface area contributed by atoms with Crippen LogP contribution in [-0.2, 0) is 0 Å². The Morgan fingerprint density at radius 1 is 0.545 bits per heavy atom. The second-order valence-corrected chi connectivity index (χ2v) is 9.03. The van der Waals surface area contributed by atoms with Gasteiger partial charge in [-0.2, -0.15) is 0 Å². The van der Waals surface area contributed by atoms with Crippen LogP contribution < -0.4 is 0 Å². The summed E-state index contributed by atoms with van der Waals surface area (Å²) in [6, 6.07) is 32.6. The Morgan fingerprint density at radius 2 is 1.27 bits per heavy atom. The van der Waals surface area contributed by atoms with Gasteiger partial charge in [0.05, 0.1) is 16.6 Å². The molecule has 3 nitrogen and oxygen atoms in total. The van der Waals surface area contributed by atoms with Crippen molar-refractivity contribution < 1.29 is 4.42 Å². The summed E-state index contributed by atoms with van der Waals surface area (Å²) < 4.78 is 9.06. The number of fused-ring (bicyclic) bond motifs is 9. The predicted octanol–water partition coefficient (Wildman–Crippen LogP) is 8.37. The average Bonchev–Trinajstić information content (AvgIpc) is 3.49. The smallest absolute Gasteiger partial charge is 0.160 e. The van der Waals surface area contributed by atoms with E-state index in [1.165, 1.54) is 43.4 Å². The van der Waals surface area contributed by atoms with Crippen molar-refractivity contribution >= 4 is 81.8 Å². The van der Waals surface area contributed by atoms with Crippen LogP contribution in [0.15, 0.2) is 95.4 Å². The zero-order valence-corrected chi connectivity index (χ0v) is 17.5. The topological polar surface area (TPSA) is 33.3 Å². The fraction of sp³-hybridized carbons (Fsp3) is 0. The van der Waals surface area contributed by atoms with Crippen molar-refractivity contribution in [1.82, 2.24) is 9.38 Å². The molecule has 0 spiro atoms. The molecule has 0 aliphatic rings. The maximum Gasteiger partial charge on any atom is 0.160 e. The molecule has 0 radical (unpaired) electrons. The van der Waals surface area contributed by atoms with Crippen LogP contribution in [0.3, 0.4) is 0 Å². The standard InChI is InChI=1S/C30H16N2O/c1-3-13-24-16(7-1)19-10-5-11-20-18-9-6-12-22-26(18)27-23(31-22)15-21-17-8-2-4-14-25(17)33-30(21)29(27)32(24)28(19)20/h1-15,31H. The minimum atomic E-state index is 0.922. The zero-order valence-electron chi connectivity index (χ0n) is 17.5. The Kier molecular flexibility index (Phi) is 2.59. The highest BCUT2D eigenvalue weighted by atomic mass is 16.3. The Bertz CT molecular complexity index is 2240. The summed E-state index contributed by atoms with van der Waals surface area (Å²) in [5, 5.41) is 9.85. The van der Waals surface area contributed by atoms with Gasteiger partial charge in [-0.15, -0.1) is 0 Å². The van der Waals surface area contributed by atoms with Gasteiger partial charge in [0.1, 0.15) is 5.58 Å². The van der Waals surface area contributed by atoms with Crippen LogP contribution in [-0.4, -0.2) is 9.38 Å². The molecule has 0 bridgehead atoms. The molecule has 0 atom stereocenters. The second kappa shape index (κ2) is 5.28. The zero-order chi connectivity index (χ0) is 21.3. The average molecular weight is 420 g/mol. The summed E-state index contributed by atoms with van der Waals surface area (Å²) in [5.74, 6) is 0. The molecule has 152 valence electrons. The van der Waals surface area contributed by atoms with Crippen LogP contribution in [0, 0.1) is 0 Å². The van der Waals surface area contributed by atoms with Gasteiger partial charge in [0.25, 0.3) is 0 Å². The number of hydrogen-bond donors (Lipinski definition) is 1. The molecule has 1 N–H and O–H groups in total. The van der Waals surface area contributed by atoms with Crippen molar-refractivity contribution in [1.29, 1.82) is 0 Å². The summed E-state index contributed by atoms with van der Waals surface area (Å²) in [6.45, 7) is 0. The van der Waals surface area contributed by atoms with Gasteiger partial charge in [0.15, 0.2) is 5.58 Å². The van der Waals surface area contributed by atoms with Crippen molar-refractivity contribution in [3.05, 3.63) is 91.0 Å². The molecule has 9 aromatic rings. The Labute approximate surface area is 186 Å². The summed E-state index contributed by atoms with van der Waals surface area (Å²) in [4.78, 5) is 3.72. The number of aromatic amines is 1. The van der Waals surface area contributed by atoms with E-state index in [9.17, 15) is 0 Å². The van der Waals surface area contributed by atoms with E-state index in [0.717, 1.165) is 38.5 Å². The highest BCUT2D eigenvalue weighted by molar-refractivity contribution is 6.34. The lowest BCUT2D eigenvalue weighted by molar-refractivity contribution is 0.671. The molecule has 0 unspecified atom stereocenters. The van der Waals surface area contributed by atoms with Gasteiger partial charge >= 0.3 is 0 Å². The SMILES string of the molecule is c1ccc2c(c1)oc1c2cc2[nH]c3cccc4c5cccc6c7ccccc7n(c56)c1c2c34. The first-order chi connectivity index (χ1) is 16.4. The van der Waals surface area contributed by atoms with Crippen molar-refractivity contribution in [3.8, 4) is 0 Å². The number of benzene rings is 5. The first kappa shape index (κ1) is 16.2. The molecule has 5 aromatic carbocycles. The minimum Gasteiger partial charge on any atom is -0.454 e. The summed E-state index contributed by atoms with van der Waals surface area (Å²) in [6.07, 6.45) is 0. The molecule has 33 heavy (non-hydrogen) atoms. The highest BCUT2D eigenvalue weighted by Crippen LogP contribution is 2.45. The van der Waals surface area contributed by atoms with Crippen molar-refractivity contribution in [2.75, 3.05) is 0 Å². The largest absolute Gasteiger partial charge is 0.454 e. The summed E-state index contributed by atoms with van der Waals surface area (Å²) >= 11 is 0. The molecule has 0 aliphatic heterocycles. The first-order valence-corrected chi connectivity index (χ1v) is 11.3. The van der Waals surface area contributed by atoms with E-state index < -0.39 is 0 Å². The number of nitrogens with one attached hydrogen (secondary N) is 1. The normalized spacial score (nSPS) is 12.8. The van der Waals surface area contributed by atoms with E-state index in [-0.39, 0.29) is 0 Å². The Balaban J connectivity index is 1.81. The third kappa shape index (κ3) is 1.74. The lowest BCUT2D eigenvalue weighted by Crippen LogP contribution is -1.86. The molecule has 4 aromatic heterocycles. The van der Waals surface area contributed by atoms with Crippen LogP contribution in [0.25, 0.3) is 81.8 Å². The predicted molar refractivity (Wildman–Crippen MR) is 138 cm³/mol. The van der Waals surface area contributed by atoms with Gasteiger partial charge in [-0.25, -0.2) is 0 Å². The third-order valence-corrected chi connectivity index (χ3v) is 7.44. The van der Waals surface area contributed by atoms with Gasteiger partial charge in [0, 0.05) is 48.7 Å². The first-order valence-electron chi connectivity index (χ1n) is 11.3. The van der Waals surface area contributed by atoms with Crippen LogP contribution in [0.5, 0.6) is 0 Å². The number of para-hydroxylation sites is 3. The third-order valence-electron chi connectivity index (χ3n) is 7.44. The van der Waals surface area contributed by atoms with Gasteiger partial charge in [0.2, 0.25) is 0 Å². The fourth-order valence-electron chi connectivity index (χ4n) is 6.17. The fourth-order valence-corrected chi connectivity index (χ4v) is 6.17. The van der Waals surface area contributed by atoms with E-state index in [2.05, 4.69) is 94.3 Å². The maximum atomic E-state index is 6.62. The molecule has 0 amide bonds. The summed E-state index contributed by atoms with van der Waals surface area (Å²) in [7, 11) is 0. The van der Waals surface area contributed by atoms with Crippen LogP contribution >= 0.6 is 0 Å². The number of H-pyrrole nitrogens is 1. The van der Waals surface area contributed by atoms with Crippen LogP contribution in [0.2, 0.25) is 0 Å². The number of rotatable bonds is 0. The molecular formula is C30H16N2O. The van der Waals surface area contributed by atoms with Crippen LogP contribution in [0.4, 0.5) is 0 Å². The van der Waals surface area contributed by atoms with E-state index in [1.807, 2.05) is 6.07 Å². The van der Waals surface area contributed by atoms with Crippen LogP contribution in [0.1, 0.15) is 0 Å². The maximum absolute atomic E-state index is 6.62. The van der Waals surface area contributed by atoms with Crippen molar-refractivity contribution in [3.63, 3.8) is 0 Å². The van der Waals surface area contributed by atoms with E-state index in [1.54, 1.807) is 0 Å². The van der Waals surface area contributed by atoms with E-state index >= 15 is 0 Å². The molecule has 0 aliphatic carbocycles. The van der Waals surface area contributed by atoms with Gasteiger partial charge in [-0.05, 0) is 29.7 Å². The Morgan fingerprint density at radius 3 is 2.21 bits per heavy atom. The molecule has 0 saturated carbocycles. The second-order valence-electron chi connectivity index (χ2n) is 9.03. The van der Waals surface area contributed by atoms with Gasteiger partial charge in [-0.1, -0.05) is 66.7 Å². The van der Waals surface area contributed by atoms with Crippen molar-refractivity contribution in [2.24, 2.45) is 0 Å². The van der Waals surface area contributed by atoms with Crippen molar-refractivity contribution in [2.45, 2.75) is 0 Å².